The highest BCUT2D eigenvalue weighted by Gasteiger charge is 2.19. The van der Waals surface area contributed by atoms with E-state index in [1.807, 2.05) is 36.7 Å². The molecule has 114 valence electrons. The van der Waals surface area contributed by atoms with Gasteiger partial charge in [-0.1, -0.05) is 30.7 Å². The van der Waals surface area contributed by atoms with Gasteiger partial charge in [0.05, 0.1) is 23.9 Å². The average Bonchev–Trinajstić information content (AvgIpc) is 2.88. The van der Waals surface area contributed by atoms with Crippen molar-refractivity contribution in [2.45, 2.75) is 38.8 Å². The van der Waals surface area contributed by atoms with E-state index in [-0.39, 0.29) is 12.1 Å². The predicted octanol–water partition coefficient (Wildman–Crippen LogP) is 4.14. The van der Waals surface area contributed by atoms with E-state index in [1.165, 1.54) is 4.88 Å². The molecule has 0 spiro atoms. The van der Waals surface area contributed by atoms with Crippen LogP contribution < -0.4 is 5.73 Å². The summed E-state index contributed by atoms with van der Waals surface area (Å²) in [6.07, 6.45) is 1.60. The maximum absolute atomic E-state index is 6.21. The predicted molar refractivity (Wildman–Crippen MR) is 89.0 cm³/mol. The lowest BCUT2D eigenvalue weighted by molar-refractivity contribution is 0.0356. The standard InChI is InChI=1S/C16H21ClN2OS/c1-3-14(18)16(12-5-4-6-13(17)9-12)20-8-7-15-11(2)19-10-21-15/h4-6,9-10,14,16H,3,7-8,18H2,1-2H3. The smallest absolute Gasteiger partial charge is 0.0976 e. The molecule has 2 aromatic rings. The van der Waals surface area contributed by atoms with Crippen molar-refractivity contribution in [3.63, 3.8) is 0 Å². The van der Waals surface area contributed by atoms with Crippen LogP contribution in [0.5, 0.6) is 0 Å². The maximum Gasteiger partial charge on any atom is 0.0976 e. The molecule has 2 atom stereocenters. The van der Waals surface area contributed by atoms with Gasteiger partial charge in [0.25, 0.3) is 0 Å². The molecule has 0 saturated heterocycles. The van der Waals surface area contributed by atoms with Gasteiger partial charge in [-0.05, 0) is 31.0 Å². The minimum Gasteiger partial charge on any atom is -0.372 e. The summed E-state index contributed by atoms with van der Waals surface area (Å²) in [6, 6.07) is 7.71. The van der Waals surface area contributed by atoms with Gasteiger partial charge in [0.2, 0.25) is 0 Å². The van der Waals surface area contributed by atoms with Crippen LogP contribution in [-0.4, -0.2) is 17.6 Å². The van der Waals surface area contributed by atoms with E-state index >= 15 is 0 Å². The lowest BCUT2D eigenvalue weighted by Gasteiger charge is -2.24. The molecular weight excluding hydrogens is 304 g/mol. The Hall–Kier alpha value is -0.940. The third kappa shape index (κ3) is 4.51. The van der Waals surface area contributed by atoms with Gasteiger partial charge in [0, 0.05) is 22.4 Å². The molecule has 0 amide bonds. The molecule has 0 radical (unpaired) electrons. The molecule has 1 heterocycles. The fourth-order valence-electron chi connectivity index (χ4n) is 2.21. The fourth-order valence-corrected chi connectivity index (χ4v) is 3.17. The number of benzene rings is 1. The highest BCUT2D eigenvalue weighted by atomic mass is 35.5. The Morgan fingerprint density at radius 3 is 2.86 bits per heavy atom. The van der Waals surface area contributed by atoms with Crippen molar-refractivity contribution >= 4 is 22.9 Å². The molecule has 2 N–H and O–H groups in total. The molecule has 2 unspecified atom stereocenters. The third-order valence-electron chi connectivity index (χ3n) is 3.51. The SMILES string of the molecule is CCC(N)C(OCCc1scnc1C)c1cccc(Cl)c1. The number of nitrogens with zero attached hydrogens (tertiary/aromatic N) is 1. The van der Waals surface area contributed by atoms with E-state index in [4.69, 9.17) is 22.1 Å². The molecule has 0 aliphatic heterocycles. The number of hydrogen-bond acceptors (Lipinski definition) is 4. The van der Waals surface area contributed by atoms with Crippen molar-refractivity contribution in [1.29, 1.82) is 0 Å². The molecule has 1 aromatic heterocycles. The molecule has 2 rings (SSSR count). The molecule has 21 heavy (non-hydrogen) atoms. The summed E-state index contributed by atoms with van der Waals surface area (Å²) in [7, 11) is 0. The first-order valence-corrected chi connectivity index (χ1v) is 8.39. The van der Waals surface area contributed by atoms with Crippen LogP contribution in [0, 0.1) is 6.92 Å². The Bertz CT molecular complexity index is 573. The van der Waals surface area contributed by atoms with Gasteiger partial charge in [-0.15, -0.1) is 11.3 Å². The van der Waals surface area contributed by atoms with Gasteiger partial charge in [-0.3, -0.25) is 0 Å². The number of rotatable bonds is 7. The van der Waals surface area contributed by atoms with E-state index in [1.54, 1.807) is 11.3 Å². The molecule has 5 heteroatoms. The molecule has 0 aliphatic carbocycles. The molecule has 0 bridgehead atoms. The van der Waals surface area contributed by atoms with Crippen molar-refractivity contribution in [2.24, 2.45) is 5.73 Å². The van der Waals surface area contributed by atoms with Crippen LogP contribution in [0.1, 0.15) is 35.6 Å². The number of halogens is 1. The van der Waals surface area contributed by atoms with E-state index in [2.05, 4.69) is 11.9 Å². The minimum absolute atomic E-state index is 0.0361. The minimum atomic E-state index is -0.123. The fraction of sp³-hybridized carbons (Fsp3) is 0.438. The molecule has 3 nitrogen and oxygen atoms in total. The molecule has 0 fully saturated rings. The monoisotopic (exact) mass is 324 g/mol. The van der Waals surface area contributed by atoms with Crippen LogP contribution in [-0.2, 0) is 11.2 Å². The van der Waals surface area contributed by atoms with Crippen molar-refractivity contribution < 1.29 is 4.74 Å². The van der Waals surface area contributed by atoms with Crippen LogP contribution >= 0.6 is 22.9 Å². The lowest BCUT2D eigenvalue weighted by atomic mass is 10.0. The summed E-state index contributed by atoms with van der Waals surface area (Å²) < 4.78 is 6.06. The Labute approximate surface area is 135 Å². The van der Waals surface area contributed by atoms with E-state index in [0.29, 0.717) is 11.6 Å². The number of ether oxygens (including phenoxy) is 1. The van der Waals surface area contributed by atoms with Gasteiger partial charge >= 0.3 is 0 Å². The van der Waals surface area contributed by atoms with Gasteiger partial charge < -0.3 is 10.5 Å². The van der Waals surface area contributed by atoms with E-state index in [9.17, 15) is 0 Å². The zero-order chi connectivity index (χ0) is 15.2. The van der Waals surface area contributed by atoms with Crippen molar-refractivity contribution in [3.8, 4) is 0 Å². The Morgan fingerprint density at radius 1 is 1.43 bits per heavy atom. The molecule has 0 saturated carbocycles. The van der Waals surface area contributed by atoms with E-state index in [0.717, 1.165) is 24.1 Å². The first-order chi connectivity index (χ1) is 10.1. The van der Waals surface area contributed by atoms with Gasteiger partial charge in [-0.2, -0.15) is 0 Å². The number of aromatic nitrogens is 1. The summed E-state index contributed by atoms with van der Waals surface area (Å²) in [5.41, 5.74) is 10.2. The summed E-state index contributed by atoms with van der Waals surface area (Å²) in [5, 5.41) is 0.711. The average molecular weight is 325 g/mol. The second kappa shape index (κ2) is 7.90. The van der Waals surface area contributed by atoms with Gasteiger partial charge in [0.15, 0.2) is 0 Å². The summed E-state index contributed by atoms with van der Waals surface area (Å²) in [4.78, 5) is 5.52. The summed E-state index contributed by atoms with van der Waals surface area (Å²) >= 11 is 7.74. The molecule has 1 aromatic carbocycles. The van der Waals surface area contributed by atoms with Crippen molar-refractivity contribution in [2.75, 3.05) is 6.61 Å². The normalized spacial score (nSPS) is 14.1. The first-order valence-electron chi connectivity index (χ1n) is 7.13. The van der Waals surface area contributed by atoms with Crippen LogP contribution in [0.3, 0.4) is 0 Å². The highest BCUT2D eigenvalue weighted by Crippen LogP contribution is 2.25. The van der Waals surface area contributed by atoms with Crippen LogP contribution in [0.2, 0.25) is 5.02 Å². The van der Waals surface area contributed by atoms with E-state index < -0.39 is 0 Å². The van der Waals surface area contributed by atoms with Crippen LogP contribution in [0.4, 0.5) is 0 Å². The lowest BCUT2D eigenvalue weighted by Crippen LogP contribution is -2.30. The maximum atomic E-state index is 6.21. The zero-order valence-corrected chi connectivity index (χ0v) is 14.0. The van der Waals surface area contributed by atoms with Crippen LogP contribution in [0.15, 0.2) is 29.8 Å². The molecular formula is C16H21ClN2OS. The summed E-state index contributed by atoms with van der Waals surface area (Å²) in [5.74, 6) is 0. The van der Waals surface area contributed by atoms with Crippen LogP contribution in [0.25, 0.3) is 0 Å². The Morgan fingerprint density at radius 2 is 2.24 bits per heavy atom. The quantitative estimate of drug-likeness (QED) is 0.832. The number of thiazole rings is 1. The van der Waals surface area contributed by atoms with Gasteiger partial charge in [-0.25, -0.2) is 4.98 Å². The number of aryl methyl sites for hydroxylation is 1. The third-order valence-corrected chi connectivity index (χ3v) is 4.74. The zero-order valence-electron chi connectivity index (χ0n) is 12.4. The van der Waals surface area contributed by atoms with Crippen molar-refractivity contribution in [1.82, 2.24) is 4.98 Å². The number of nitrogens with two attached hydrogens (primary N) is 1. The summed E-state index contributed by atoms with van der Waals surface area (Å²) in [6.45, 7) is 4.73. The second-order valence-corrected chi connectivity index (χ2v) is 6.41. The Balaban J connectivity index is 2.02. The Kier molecular flexibility index (Phi) is 6.18. The van der Waals surface area contributed by atoms with Gasteiger partial charge in [0.1, 0.15) is 0 Å². The van der Waals surface area contributed by atoms with Crippen molar-refractivity contribution in [3.05, 3.63) is 50.9 Å². The highest BCUT2D eigenvalue weighted by molar-refractivity contribution is 7.09. The number of hydrogen-bond donors (Lipinski definition) is 1. The first kappa shape index (κ1) is 16.4. The molecule has 0 aliphatic rings. The largest absolute Gasteiger partial charge is 0.372 e. The topological polar surface area (TPSA) is 48.1 Å². The second-order valence-electron chi connectivity index (χ2n) is 5.03.